The summed E-state index contributed by atoms with van der Waals surface area (Å²) in [5, 5.41) is 0.873. The SMILES string of the molecule is C[N+](C)(C(=O)OC1=CCCC=C1)c1nc(N2CCCCC2)nc2ccccc12. The topological polar surface area (TPSA) is 55.3 Å². The molecule has 1 aliphatic heterocycles. The lowest BCUT2D eigenvalue weighted by Crippen LogP contribution is -2.48. The van der Waals surface area contributed by atoms with E-state index in [-0.39, 0.29) is 10.6 Å². The van der Waals surface area contributed by atoms with E-state index < -0.39 is 0 Å². The van der Waals surface area contributed by atoms with Crippen LogP contribution in [-0.4, -0.2) is 43.2 Å². The summed E-state index contributed by atoms with van der Waals surface area (Å²) in [5.74, 6) is 1.97. The van der Waals surface area contributed by atoms with E-state index in [4.69, 9.17) is 14.7 Å². The minimum atomic E-state index is -0.355. The van der Waals surface area contributed by atoms with Gasteiger partial charge < -0.3 is 9.64 Å². The van der Waals surface area contributed by atoms with Gasteiger partial charge in [-0.1, -0.05) is 18.2 Å². The highest BCUT2D eigenvalue weighted by Crippen LogP contribution is 2.31. The fraction of sp³-hybridized carbons (Fsp3) is 0.409. The number of quaternary nitrogens is 1. The van der Waals surface area contributed by atoms with Gasteiger partial charge in [0.15, 0.2) is 0 Å². The number of piperidine rings is 1. The third-order valence-electron chi connectivity index (χ3n) is 5.36. The predicted molar refractivity (Wildman–Crippen MR) is 112 cm³/mol. The summed E-state index contributed by atoms with van der Waals surface area (Å²) in [4.78, 5) is 24.9. The lowest BCUT2D eigenvalue weighted by atomic mass is 10.1. The van der Waals surface area contributed by atoms with E-state index in [1.807, 2.05) is 56.6 Å². The summed E-state index contributed by atoms with van der Waals surface area (Å²) in [6.07, 6.45) is 10.9. The molecule has 1 fully saturated rings. The number of anilines is 1. The largest absolute Gasteiger partial charge is 0.527 e. The molecule has 28 heavy (non-hydrogen) atoms. The zero-order chi connectivity index (χ0) is 19.6. The molecule has 0 radical (unpaired) electrons. The Morgan fingerprint density at radius 3 is 2.61 bits per heavy atom. The first-order valence-electron chi connectivity index (χ1n) is 10.0. The second-order valence-electron chi connectivity index (χ2n) is 7.82. The number of amides is 1. The van der Waals surface area contributed by atoms with Gasteiger partial charge in [0.2, 0.25) is 5.95 Å². The molecule has 0 unspecified atom stereocenters. The molecular weight excluding hydrogens is 352 g/mol. The molecule has 1 aliphatic carbocycles. The third-order valence-corrected chi connectivity index (χ3v) is 5.36. The molecule has 2 aliphatic rings. The number of fused-ring (bicyclic) bond motifs is 1. The maximum absolute atomic E-state index is 13.1. The Balaban J connectivity index is 1.73. The molecule has 1 amide bonds. The lowest BCUT2D eigenvalue weighted by molar-refractivity contribution is 0.149. The molecule has 1 aromatic heterocycles. The maximum atomic E-state index is 13.1. The highest BCUT2D eigenvalue weighted by Gasteiger charge is 2.37. The molecule has 6 heteroatoms. The van der Waals surface area contributed by atoms with Crippen LogP contribution in [0.2, 0.25) is 0 Å². The van der Waals surface area contributed by atoms with Gasteiger partial charge >= 0.3 is 6.09 Å². The van der Waals surface area contributed by atoms with Gasteiger partial charge in [0.05, 0.1) is 25.0 Å². The van der Waals surface area contributed by atoms with Gasteiger partial charge in [-0.2, -0.15) is 14.3 Å². The molecule has 0 spiro atoms. The van der Waals surface area contributed by atoms with Crippen LogP contribution in [0.25, 0.3) is 10.9 Å². The minimum Gasteiger partial charge on any atom is -0.381 e. The van der Waals surface area contributed by atoms with Gasteiger partial charge in [-0.3, -0.25) is 0 Å². The van der Waals surface area contributed by atoms with Crippen molar-refractivity contribution in [2.45, 2.75) is 32.1 Å². The summed E-state index contributed by atoms with van der Waals surface area (Å²) >= 11 is 0. The van der Waals surface area contributed by atoms with Crippen molar-refractivity contribution >= 4 is 28.8 Å². The highest BCUT2D eigenvalue weighted by atomic mass is 16.6. The minimum absolute atomic E-state index is 0.102. The Morgan fingerprint density at radius 1 is 1.07 bits per heavy atom. The van der Waals surface area contributed by atoms with Gasteiger partial charge in [-0.15, -0.1) is 0 Å². The van der Waals surface area contributed by atoms with Crippen LogP contribution in [0.4, 0.5) is 16.6 Å². The van der Waals surface area contributed by atoms with E-state index in [0.29, 0.717) is 17.5 Å². The number of ether oxygens (including phenoxy) is 1. The van der Waals surface area contributed by atoms with Gasteiger partial charge in [0.1, 0.15) is 5.76 Å². The molecule has 2 aromatic rings. The first-order valence-corrected chi connectivity index (χ1v) is 10.0. The fourth-order valence-electron chi connectivity index (χ4n) is 3.68. The van der Waals surface area contributed by atoms with Gasteiger partial charge in [0.25, 0.3) is 5.82 Å². The number of carbonyl (C=O) groups is 1. The Labute approximate surface area is 165 Å². The maximum Gasteiger partial charge on any atom is 0.527 e. The molecule has 6 nitrogen and oxygen atoms in total. The molecular formula is C22H27N4O2+. The van der Waals surface area contributed by atoms with E-state index in [1.54, 1.807) is 0 Å². The summed E-state index contributed by atoms with van der Waals surface area (Å²) in [6, 6.07) is 7.87. The van der Waals surface area contributed by atoms with E-state index in [0.717, 1.165) is 49.7 Å². The second kappa shape index (κ2) is 7.72. The molecule has 4 rings (SSSR count). The molecule has 0 N–H and O–H groups in total. The van der Waals surface area contributed by atoms with E-state index in [1.165, 1.54) is 6.42 Å². The van der Waals surface area contributed by atoms with E-state index in [2.05, 4.69) is 4.90 Å². The van der Waals surface area contributed by atoms with Crippen LogP contribution in [0.15, 0.2) is 48.3 Å². The van der Waals surface area contributed by atoms with E-state index >= 15 is 0 Å². The average molecular weight is 379 g/mol. The zero-order valence-corrected chi connectivity index (χ0v) is 16.6. The van der Waals surface area contributed by atoms with Gasteiger partial charge in [0, 0.05) is 13.1 Å². The number of carbonyl (C=O) groups excluding carboxylic acids is 1. The van der Waals surface area contributed by atoms with E-state index in [9.17, 15) is 4.79 Å². The van der Waals surface area contributed by atoms with Gasteiger partial charge in [-0.05, 0) is 56.4 Å². The Morgan fingerprint density at radius 2 is 1.86 bits per heavy atom. The van der Waals surface area contributed by atoms with Crippen LogP contribution in [0.1, 0.15) is 32.1 Å². The first-order chi connectivity index (χ1) is 13.6. The lowest BCUT2D eigenvalue weighted by Gasteiger charge is -2.29. The van der Waals surface area contributed by atoms with Crippen molar-refractivity contribution in [3.05, 3.63) is 48.3 Å². The quantitative estimate of drug-likeness (QED) is 0.732. The summed E-state index contributed by atoms with van der Waals surface area (Å²) in [6.45, 7) is 1.90. The number of hydrogen-bond donors (Lipinski definition) is 0. The van der Waals surface area contributed by atoms with Gasteiger partial charge in [-0.25, -0.2) is 4.98 Å². The number of rotatable bonds is 3. The first kappa shape index (κ1) is 18.6. The molecule has 0 saturated carbocycles. The Kier molecular flexibility index (Phi) is 5.13. The van der Waals surface area contributed by atoms with Crippen LogP contribution < -0.4 is 9.38 Å². The number of nitrogens with zero attached hydrogens (tertiary/aromatic N) is 4. The molecule has 2 heterocycles. The summed E-state index contributed by atoms with van der Waals surface area (Å²) < 4.78 is 5.58. The zero-order valence-electron chi connectivity index (χ0n) is 16.6. The van der Waals surface area contributed by atoms with Crippen LogP contribution in [0, 0.1) is 0 Å². The molecule has 1 aromatic carbocycles. The summed E-state index contributed by atoms with van der Waals surface area (Å²) in [7, 11) is 3.65. The number of benzene rings is 1. The smallest absolute Gasteiger partial charge is 0.381 e. The fourth-order valence-corrected chi connectivity index (χ4v) is 3.68. The molecule has 0 atom stereocenters. The average Bonchev–Trinajstić information content (AvgIpc) is 2.74. The summed E-state index contributed by atoms with van der Waals surface area (Å²) in [5.41, 5.74) is 0.851. The number of para-hydroxylation sites is 1. The molecule has 146 valence electrons. The van der Waals surface area contributed by atoms with Crippen LogP contribution in [0.3, 0.4) is 0 Å². The van der Waals surface area contributed by atoms with Crippen LogP contribution in [-0.2, 0) is 4.74 Å². The number of allylic oxidation sites excluding steroid dienone is 3. The Bertz CT molecular complexity index is 943. The highest BCUT2D eigenvalue weighted by molar-refractivity contribution is 5.95. The van der Waals surface area contributed by atoms with Crippen LogP contribution in [0.5, 0.6) is 0 Å². The second-order valence-corrected chi connectivity index (χ2v) is 7.82. The predicted octanol–water partition coefficient (Wildman–Crippen LogP) is 4.56. The van der Waals surface area contributed by atoms with Crippen molar-refractivity contribution in [1.82, 2.24) is 14.5 Å². The molecule has 1 saturated heterocycles. The van der Waals surface area contributed by atoms with Crippen LogP contribution >= 0.6 is 0 Å². The van der Waals surface area contributed by atoms with Crippen molar-refractivity contribution in [3.8, 4) is 0 Å². The number of aromatic nitrogens is 2. The van der Waals surface area contributed by atoms with Crippen molar-refractivity contribution < 1.29 is 9.53 Å². The monoisotopic (exact) mass is 379 g/mol. The third kappa shape index (κ3) is 3.64. The van der Waals surface area contributed by atoms with Crippen molar-refractivity contribution in [3.63, 3.8) is 0 Å². The molecule has 0 bridgehead atoms. The van der Waals surface area contributed by atoms with Crippen molar-refractivity contribution in [2.24, 2.45) is 0 Å². The number of hydrogen-bond acceptors (Lipinski definition) is 5. The Hall–Kier alpha value is -2.73. The normalized spacial score (nSPS) is 17.5. The van der Waals surface area contributed by atoms with Crippen molar-refractivity contribution in [1.29, 1.82) is 0 Å². The van der Waals surface area contributed by atoms with Crippen molar-refractivity contribution in [2.75, 3.05) is 32.1 Å². The standard InChI is InChI=1S/C22H27N4O2/c1-26(2,22(27)28-17-11-5-3-6-12-17)20-18-13-7-8-14-19(18)23-21(24-20)25-15-9-4-10-16-25/h5,7-8,11-14H,3-4,6,9-10,15-16H2,1-2H3/q+1.